The number of hydrogen-bond donors (Lipinski definition) is 0. The van der Waals surface area contributed by atoms with E-state index in [2.05, 4.69) is 6.92 Å². The highest BCUT2D eigenvalue weighted by molar-refractivity contribution is 7.92. The highest BCUT2D eigenvalue weighted by atomic mass is 32.2. The highest BCUT2D eigenvalue weighted by Crippen LogP contribution is 2.61. The van der Waals surface area contributed by atoms with Gasteiger partial charge in [0.15, 0.2) is 17.3 Å². The topological polar surface area (TPSA) is 71.1 Å². The first-order valence-corrected chi connectivity index (χ1v) is 11.8. The summed E-state index contributed by atoms with van der Waals surface area (Å²) in [6, 6.07) is 8.54. The molecule has 1 aromatic carbocycles. The van der Waals surface area contributed by atoms with Gasteiger partial charge in [-0.2, -0.15) is 0 Å². The number of rotatable bonds is 2. The lowest BCUT2D eigenvalue weighted by atomic mass is 9.58. The van der Waals surface area contributed by atoms with Crippen LogP contribution in [0.5, 0.6) is 0 Å². The molecule has 4 saturated heterocycles. The molecule has 154 valence electrons. The lowest BCUT2D eigenvalue weighted by Gasteiger charge is -2.60. The van der Waals surface area contributed by atoms with E-state index in [0.29, 0.717) is 12.3 Å². The number of ether oxygens (including phenoxy) is 2. The maximum absolute atomic E-state index is 13.4. The van der Waals surface area contributed by atoms with E-state index in [4.69, 9.17) is 19.2 Å². The van der Waals surface area contributed by atoms with Crippen molar-refractivity contribution >= 4 is 9.84 Å². The predicted molar refractivity (Wildman–Crippen MR) is 100 cm³/mol. The first kappa shape index (κ1) is 19.0. The molecule has 1 spiro atoms. The van der Waals surface area contributed by atoms with Gasteiger partial charge in [-0.15, -0.1) is 0 Å². The Morgan fingerprint density at radius 3 is 2.50 bits per heavy atom. The van der Waals surface area contributed by atoms with Gasteiger partial charge in [-0.3, -0.25) is 0 Å². The molecule has 4 aliphatic heterocycles. The highest BCUT2D eigenvalue weighted by Gasteiger charge is 2.70. The van der Waals surface area contributed by atoms with Crippen LogP contribution in [0.15, 0.2) is 35.2 Å². The van der Waals surface area contributed by atoms with Gasteiger partial charge >= 0.3 is 0 Å². The first-order valence-electron chi connectivity index (χ1n) is 10.3. The van der Waals surface area contributed by atoms with E-state index < -0.39 is 33.0 Å². The molecule has 6 rings (SSSR count). The van der Waals surface area contributed by atoms with Crippen LogP contribution in [0.25, 0.3) is 0 Å². The summed E-state index contributed by atoms with van der Waals surface area (Å²) in [6.07, 6.45) is 2.82. The largest absolute Gasteiger partial charge is 0.329 e. The third-order valence-electron chi connectivity index (χ3n) is 7.47. The van der Waals surface area contributed by atoms with Crippen LogP contribution in [0, 0.1) is 23.7 Å². The second-order valence-corrected chi connectivity index (χ2v) is 11.2. The van der Waals surface area contributed by atoms with Crippen molar-refractivity contribution in [3.8, 4) is 0 Å². The summed E-state index contributed by atoms with van der Waals surface area (Å²) >= 11 is 0. The van der Waals surface area contributed by atoms with Gasteiger partial charge < -0.3 is 9.47 Å². The fourth-order valence-corrected chi connectivity index (χ4v) is 7.78. The number of benzene rings is 1. The molecule has 1 saturated carbocycles. The molecule has 0 amide bonds. The lowest BCUT2D eigenvalue weighted by Crippen LogP contribution is -2.71. The Morgan fingerprint density at radius 2 is 1.75 bits per heavy atom. The van der Waals surface area contributed by atoms with Crippen LogP contribution in [-0.4, -0.2) is 31.5 Å². The predicted octanol–water partition coefficient (Wildman–Crippen LogP) is 3.67. The van der Waals surface area contributed by atoms with Crippen LogP contribution >= 0.6 is 0 Å². The summed E-state index contributed by atoms with van der Waals surface area (Å²) in [7, 11) is -3.66. The van der Waals surface area contributed by atoms with Crippen LogP contribution in [0.3, 0.4) is 0 Å². The van der Waals surface area contributed by atoms with Crippen LogP contribution < -0.4 is 0 Å². The van der Waals surface area contributed by atoms with Gasteiger partial charge in [-0.25, -0.2) is 18.2 Å². The average molecular weight is 409 g/mol. The normalized spacial score (nSPS) is 48.0. The molecular formula is C21H28O6S. The molecule has 4 heterocycles. The second-order valence-electron chi connectivity index (χ2n) is 9.13. The molecule has 8 atom stereocenters. The van der Waals surface area contributed by atoms with Crippen molar-refractivity contribution < 1.29 is 27.7 Å². The average Bonchev–Trinajstić information content (AvgIpc) is 2.91. The summed E-state index contributed by atoms with van der Waals surface area (Å²) in [5.74, 6) is -0.461. The Balaban J connectivity index is 1.59. The third-order valence-corrected chi connectivity index (χ3v) is 9.56. The summed E-state index contributed by atoms with van der Waals surface area (Å²) in [6.45, 7) is 6.06. The van der Waals surface area contributed by atoms with E-state index in [9.17, 15) is 8.42 Å². The standard InChI is InChI=1S/C21H28O6S/c1-13-9-10-17-14(2)18(28(22,23)15-7-5-4-6-8-15)24-19-21(17)16(13)11-12-20(3,25-19)26-27-21/h4-8,13-14,16-19H,9-12H2,1-3H3/t13-,14+,16-,17-,18+,19+,20+,21+/m0/s1. The molecule has 1 aromatic rings. The number of fused-ring (bicyclic) bond motifs is 2. The molecule has 0 N–H and O–H groups in total. The SMILES string of the molecule is C[C@@H]1[C@@H]2CC[C@H](C)[C@@H]3CC[C@@]4(C)OO[C@@]23[C@H](O[C@@H]1S(=O)(=O)c1ccccc1)O4. The molecule has 6 nitrogen and oxygen atoms in total. The van der Waals surface area contributed by atoms with E-state index in [-0.39, 0.29) is 22.6 Å². The van der Waals surface area contributed by atoms with Crippen molar-refractivity contribution in [2.75, 3.05) is 0 Å². The van der Waals surface area contributed by atoms with E-state index >= 15 is 0 Å². The van der Waals surface area contributed by atoms with Gasteiger partial charge in [-0.1, -0.05) is 32.0 Å². The van der Waals surface area contributed by atoms with Gasteiger partial charge in [0.25, 0.3) is 0 Å². The Kier molecular flexibility index (Phi) is 4.24. The van der Waals surface area contributed by atoms with Crippen molar-refractivity contribution in [3.63, 3.8) is 0 Å². The van der Waals surface area contributed by atoms with Crippen molar-refractivity contribution in [1.82, 2.24) is 0 Å². The summed E-state index contributed by atoms with van der Waals surface area (Å²) < 4.78 is 39.3. The maximum Gasteiger partial charge on any atom is 0.205 e. The van der Waals surface area contributed by atoms with E-state index in [0.717, 1.165) is 19.3 Å². The zero-order valence-corrected chi connectivity index (χ0v) is 17.4. The van der Waals surface area contributed by atoms with Crippen LogP contribution in [0.2, 0.25) is 0 Å². The first-order chi connectivity index (χ1) is 13.3. The van der Waals surface area contributed by atoms with Crippen LogP contribution in [0.4, 0.5) is 0 Å². The second kappa shape index (κ2) is 6.25. The molecular weight excluding hydrogens is 380 g/mol. The molecule has 0 unspecified atom stereocenters. The molecule has 7 heteroatoms. The maximum atomic E-state index is 13.4. The van der Waals surface area contributed by atoms with E-state index in [1.807, 2.05) is 19.9 Å². The zero-order chi connectivity index (χ0) is 19.7. The zero-order valence-electron chi connectivity index (χ0n) is 16.5. The fraction of sp³-hybridized carbons (Fsp3) is 0.714. The third kappa shape index (κ3) is 2.50. The minimum absolute atomic E-state index is 0.00131. The minimum atomic E-state index is -3.66. The van der Waals surface area contributed by atoms with Gasteiger partial charge in [0, 0.05) is 18.3 Å². The van der Waals surface area contributed by atoms with Crippen LogP contribution in [0.1, 0.15) is 46.5 Å². The Bertz CT molecular complexity index is 857. The molecule has 5 fully saturated rings. The van der Waals surface area contributed by atoms with Gasteiger partial charge in [0.05, 0.1) is 4.90 Å². The minimum Gasteiger partial charge on any atom is -0.329 e. The number of hydrogen-bond acceptors (Lipinski definition) is 6. The van der Waals surface area contributed by atoms with Gasteiger partial charge in [-0.05, 0) is 50.2 Å². The fourth-order valence-electron chi connectivity index (χ4n) is 5.97. The van der Waals surface area contributed by atoms with Crippen molar-refractivity contribution in [2.24, 2.45) is 23.7 Å². The molecule has 0 aromatic heterocycles. The van der Waals surface area contributed by atoms with Crippen molar-refractivity contribution in [1.29, 1.82) is 0 Å². The molecule has 1 aliphatic carbocycles. The summed E-state index contributed by atoms with van der Waals surface area (Å²) in [5.41, 5.74) is -1.70. The quantitative estimate of drug-likeness (QED) is 0.696. The smallest absolute Gasteiger partial charge is 0.205 e. The van der Waals surface area contributed by atoms with Gasteiger partial charge in [0.1, 0.15) is 0 Å². The Morgan fingerprint density at radius 1 is 1.00 bits per heavy atom. The van der Waals surface area contributed by atoms with Crippen LogP contribution in [-0.2, 0) is 29.1 Å². The Labute approximate surface area is 166 Å². The summed E-state index contributed by atoms with van der Waals surface area (Å²) in [4.78, 5) is 12.1. The van der Waals surface area contributed by atoms with Crippen molar-refractivity contribution in [3.05, 3.63) is 30.3 Å². The molecule has 5 aliphatic rings. The Hall–Kier alpha value is -0.990. The van der Waals surface area contributed by atoms with Gasteiger partial charge in [0.2, 0.25) is 15.6 Å². The molecule has 0 radical (unpaired) electrons. The van der Waals surface area contributed by atoms with E-state index in [1.54, 1.807) is 24.3 Å². The molecule has 2 bridgehead atoms. The molecule has 28 heavy (non-hydrogen) atoms. The van der Waals surface area contributed by atoms with Crippen molar-refractivity contribution in [2.45, 2.75) is 74.5 Å². The lowest BCUT2D eigenvalue weighted by molar-refractivity contribution is -0.568. The van der Waals surface area contributed by atoms with E-state index in [1.165, 1.54) is 0 Å². The summed E-state index contributed by atoms with van der Waals surface area (Å²) in [5, 5.41) is 0. The monoisotopic (exact) mass is 408 g/mol. The number of sulfone groups is 1.